The smallest absolute Gasteiger partial charge is 0.218 e. The van der Waals surface area contributed by atoms with E-state index in [9.17, 15) is 8.42 Å². The second-order valence-corrected chi connectivity index (χ2v) is 4.84. The van der Waals surface area contributed by atoms with Crippen LogP contribution >= 0.6 is 0 Å². The lowest BCUT2D eigenvalue weighted by Gasteiger charge is -1.93. The quantitative estimate of drug-likeness (QED) is 0.517. The summed E-state index contributed by atoms with van der Waals surface area (Å²) >= 11 is 0. The fraction of sp³-hybridized carbons (Fsp3) is 0.833. The zero-order valence-corrected chi connectivity index (χ0v) is 6.39. The molecule has 0 aromatic heterocycles. The van der Waals surface area contributed by atoms with Crippen LogP contribution in [-0.2, 0) is 9.84 Å². The second-order valence-electron chi connectivity index (χ2n) is 2.61. The molecule has 0 amide bonds. The first-order chi connectivity index (χ1) is 4.64. The van der Waals surface area contributed by atoms with Crippen molar-refractivity contribution in [1.82, 2.24) is 0 Å². The van der Waals surface area contributed by atoms with E-state index in [0.29, 0.717) is 13.0 Å². The summed E-state index contributed by atoms with van der Waals surface area (Å²) in [7, 11) is -2.76. The third-order valence-electron chi connectivity index (χ3n) is 1.68. The number of nitrogens with zero attached hydrogens (tertiary/aromatic N) is 1. The zero-order valence-electron chi connectivity index (χ0n) is 5.58. The van der Waals surface area contributed by atoms with Crippen molar-refractivity contribution in [2.45, 2.75) is 6.42 Å². The Labute approximate surface area is 60.8 Å². The van der Waals surface area contributed by atoms with E-state index in [1.807, 2.05) is 0 Å². The largest absolute Gasteiger partial charge is 0.317 e. The minimum atomic E-state index is -2.76. The molecule has 1 fully saturated rings. The van der Waals surface area contributed by atoms with Crippen LogP contribution in [-0.4, -0.2) is 26.5 Å². The maximum absolute atomic E-state index is 10.8. The molecule has 0 radical (unpaired) electrons. The van der Waals surface area contributed by atoms with E-state index in [0.717, 1.165) is 0 Å². The van der Waals surface area contributed by atoms with Crippen molar-refractivity contribution in [3.8, 4) is 0 Å². The summed E-state index contributed by atoms with van der Waals surface area (Å²) in [6.07, 6.45) is 0.685. The van der Waals surface area contributed by atoms with Gasteiger partial charge in [0.2, 0.25) is 6.54 Å². The van der Waals surface area contributed by atoms with Crippen LogP contribution < -0.4 is 0 Å². The molecule has 1 unspecified atom stereocenters. The topological polar surface area (TPSA) is 38.5 Å². The van der Waals surface area contributed by atoms with E-state index in [1.54, 1.807) is 0 Å². The Bertz CT molecular complexity index is 249. The van der Waals surface area contributed by atoms with E-state index in [-0.39, 0.29) is 17.4 Å². The van der Waals surface area contributed by atoms with Crippen molar-refractivity contribution < 1.29 is 8.42 Å². The Morgan fingerprint density at radius 1 is 1.60 bits per heavy atom. The van der Waals surface area contributed by atoms with E-state index in [4.69, 9.17) is 6.57 Å². The van der Waals surface area contributed by atoms with E-state index in [1.165, 1.54) is 0 Å². The lowest BCUT2D eigenvalue weighted by molar-refractivity contribution is 0.598. The number of hydrogen-bond acceptors (Lipinski definition) is 2. The van der Waals surface area contributed by atoms with Gasteiger partial charge in [-0.1, -0.05) is 0 Å². The number of hydrogen-bond donors (Lipinski definition) is 0. The number of sulfone groups is 1. The van der Waals surface area contributed by atoms with E-state index >= 15 is 0 Å². The Morgan fingerprint density at radius 2 is 2.30 bits per heavy atom. The van der Waals surface area contributed by atoms with Gasteiger partial charge in [0.1, 0.15) is 0 Å². The minimum absolute atomic E-state index is 0.113. The van der Waals surface area contributed by atoms with Crippen molar-refractivity contribution in [1.29, 1.82) is 0 Å². The third-order valence-corrected chi connectivity index (χ3v) is 3.51. The third kappa shape index (κ3) is 1.71. The lowest BCUT2D eigenvalue weighted by atomic mass is 10.1. The molecule has 1 heterocycles. The van der Waals surface area contributed by atoms with Gasteiger partial charge in [0, 0.05) is 5.92 Å². The van der Waals surface area contributed by atoms with Gasteiger partial charge in [0.25, 0.3) is 0 Å². The normalized spacial score (nSPS) is 29.7. The Hall–Kier alpha value is -0.560. The van der Waals surface area contributed by atoms with Crippen LogP contribution in [0.5, 0.6) is 0 Å². The van der Waals surface area contributed by atoms with Crippen molar-refractivity contribution >= 4 is 9.84 Å². The first-order valence-corrected chi connectivity index (χ1v) is 5.00. The summed E-state index contributed by atoms with van der Waals surface area (Å²) in [5, 5.41) is 0. The Morgan fingerprint density at radius 3 is 2.70 bits per heavy atom. The molecule has 0 spiro atoms. The molecule has 0 saturated carbocycles. The maximum Gasteiger partial charge on any atom is 0.218 e. The highest BCUT2D eigenvalue weighted by molar-refractivity contribution is 7.91. The van der Waals surface area contributed by atoms with Crippen LogP contribution in [0.3, 0.4) is 0 Å². The fourth-order valence-electron chi connectivity index (χ4n) is 1.15. The molecule has 10 heavy (non-hydrogen) atoms. The summed E-state index contributed by atoms with van der Waals surface area (Å²) < 4.78 is 21.6. The minimum Gasteiger partial charge on any atom is -0.317 e. The van der Waals surface area contributed by atoms with Gasteiger partial charge in [0.15, 0.2) is 9.84 Å². The van der Waals surface area contributed by atoms with Crippen molar-refractivity contribution in [3.05, 3.63) is 11.4 Å². The predicted molar refractivity (Wildman–Crippen MR) is 38.2 cm³/mol. The molecule has 3 nitrogen and oxygen atoms in total. The fourth-order valence-corrected chi connectivity index (χ4v) is 2.99. The molecule has 0 N–H and O–H groups in total. The van der Waals surface area contributed by atoms with E-state index in [2.05, 4.69) is 4.85 Å². The van der Waals surface area contributed by atoms with Gasteiger partial charge in [-0.05, 0) is 6.42 Å². The summed E-state index contributed by atoms with van der Waals surface area (Å²) in [4.78, 5) is 3.17. The van der Waals surface area contributed by atoms with Crippen molar-refractivity contribution in [2.24, 2.45) is 5.92 Å². The first-order valence-electron chi connectivity index (χ1n) is 3.18. The van der Waals surface area contributed by atoms with Crippen LogP contribution in [0.1, 0.15) is 6.42 Å². The van der Waals surface area contributed by atoms with Gasteiger partial charge in [-0.15, -0.1) is 0 Å². The Balaban J connectivity index is 2.54. The van der Waals surface area contributed by atoms with Gasteiger partial charge in [-0.2, -0.15) is 0 Å². The summed E-state index contributed by atoms with van der Waals surface area (Å²) in [5.74, 6) is 0.630. The summed E-state index contributed by atoms with van der Waals surface area (Å²) in [6, 6.07) is 0. The molecule has 4 heteroatoms. The average molecular weight is 159 g/mol. The molecule has 56 valence electrons. The highest BCUT2D eigenvalue weighted by Crippen LogP contribution is 2.18. The van der Waals surface area contributed by atoms with Crippen LogP contribution in [0.4, 0.5) is 0 Å². The maximum atomic E-state index is 10.8. The summed E-state index contributed by atoms with van der Waals surface area (Å²) in [6.45, 7) is 6.90. The predicted octanol–water partition coefficient (Wildman–Crippen LogP) is 0.340. The molecule has 0 aromatic rings. The van der Waals surface area contributed by atoms with Crippen LogP contribution in [0, 0.1) is 12.5 Å². The van der Waals surface area contributed by atoms with Crippen LogP contribution in [0.25, 0.3) is 4.85 Å². The van der Waals surface area contributed by atoms with Gasteiger partial charge < -0.3 is 4.85 Å². The zero-order chi connectivity index (χ0) is 7.61. The average Bonchev–Trinajstić information content (AvgIpc) is 2.12. The molecule has 0 aromatic carbocycles. The molecule has 1 atom stereocenters. The second kappa shape index (κ2) is 2.59. The highest BCUT2D eigenvalue weighted by atomic mass is 32.2. The van der Waals surface area contributed by atoms with Crippen molar-refractivity contribution in [2.75, 3.05) is 18.1 Å². The van der Waals surface area contributed by atoms with Gasteiger partial charge in [-0.3, -0.25) is 0 Å². The van der Waals surface area contributed by atoms with E-state index < -0.39 is 9.84 Å². The first kappa shape index (κ1) is 7.55. The molecule has 1 saturated heterocycles. The SMILES string of the molecule is [C-]#[N+]CC1CCS(=O)(=O)C1. The molecular formula is C6H9NO2S. The molecule has 0 aliphatic carbocycles. The molecule has 1 aliphatic rings. The molecular weight excluding hydrogens is 150 g/mol. The van der Waals surface area contributed by atoms with Crippen molar-refractivity contribution in [3.63, 3.8) is 0 Å². The van der Waals surface area contributed by atoms with Gasteiger partial charge in [0.05, 0.1) is 11.5 Å². The monoisotopic (exact) mass is 159 g/mol. The lowest BCUT2D eigenvalue weighted by Crippen LogP contribution is -2.06. The molecule has 0 bridgehead atoms. The highest BCUT2D eigenvalue weighted by Gasteiger charge is 2.29. The van der Waals surface area contributed by atoms with Gasteiger partial charge in [-0.25, -0.2) is 15.0 Å². The standard InChI is InChI=1S/C6H9NO2S/c1-7-4-6-2-3-10(8,9)5-6/h6H,2-5H2. The molecule has 1 rings (SSSR count). The molecule has 1 aliphatic heterocycles. The van der Waals surface area contributed by atoms with Crippen LogP contribution in [0.2, 0.25) is 0 Å². The number of rotatable bonds is 1. The summed E-state index contributed by atoms with van der Waals surface area (Å²) in [5.41, 5.74) is 0. The Kier molecular flexibility index (Phi) is 1.95. The van der Waals surface area contributed by atoms with Gasteiger partial charge >= 0.3 is 0 Å². The van der Waals surface area contributed by atoms with Crippen LogP contribution in [0.15, 0.2) is 0 Å².